The van der Waals surface area contributed by atoms with Crippen molar-refractivity contribution in [1.82, 2.24) is 4.90 Å². The summed E-state index contributed by atoms with van der Waals surface area (Å²) in [7, 11) is 3.05. The van der Waals surface area contributed by atoms with Gasteiger partial charge in [-0.05, 0) is 12.1 Å². The van der Waals surface area contributed by atoms with Crippen LogP contribution >= 0.6 is 12.4 Å². The van der Waals surface area contributed by atoms with E-state index in [1.54, 1.807) is 19.2 Å². The number of hydrogen-bond acceptors (Lipinski definition) is 4. The molecule has 0 saturated heterocycles. The van der Waals surface area contributed by atoms with Crippen LogP contribution in [0.15, 0.2) is 24.3 Å². The normalized spacial score (nSPS) is 11.4. The summed E-state index contributed by atoms with van der Waals surface area (Å²) in [5.41, 5.74) is 5.41. The number of rotatable bonds is 7. The van der Waals surface area contributed by atoms with Crippen molar-refractivity contribution in [3.8, 4) is 5.75 Å². The van der Waals surface area contributed by atoms with Crippen LogP contribution in [-0.4, -0.2) is 50.8 Å². The van der Waals surface area contributed by atoms with Gasteiger partial charge >= 0.3 is 0 Å². The van der Waals surface area contributed by atoms with Gasteiger partial charge in [0.2, 0.25) is 0 Å². The Morgan fingerprint density at radius 1 is 1.45 bits per heavy atom. The molecule has 0 spiro atoms. The molecule has 2 N–H and O–H groups in total. The molecule has 0 aliphatic carbocycles. The van der Waals surface area contributed by atoms with Crippen LogP contribution in [0.5, 0.6) is 5.75 Å². The number of benzene rings is 1. The quantitative estimate of drug-likeness (QED) is 0.818. The minimum Gasteiger partial charge on any atom is -0.489 e. The number of likely N-dealkylation sites (N-methyl/N-ethyl adjacent to an activating group) is 1. The maximum atomic E-state index is 13.3. The zero-order valence-electron chi connectivity index (χ0n) is 11.5. The van der Waals surface area contributed by atoms with Crippen molar-refractivity contribution in [3.05, 3.63) is 30.1 Å². The standard InChI is InChI=1S/C13H19FN2O3.ClH/c1-16(13(17)12(9-15)18-2)7-8-19-11-6-4-3-5-10(11)14;/h3-6,12H,7-9,15H2,1-2H3;1H. The number of halogens is 2. The fourth-order valence-corrected chi connectivity index (χ4v) is 1.51. The molecule has 1 aromatic rings. The molecule has 7 heteroatoms. The first kappa shape index (κ1) is 18.6. The van der Waals surface area contributed by atoms with Gasteiger partial charge < -0.3 is 20.1 Å². The molecule has 0 bridgehead atoms. The first-order valence-electron chi connectivity index (χ1n) is 5.95. The Balaban J connectivity index is 0.00000361. The van der Waals surface area contributed by atoms with Gasteiger partial charge in [-0.25, -0.2) is 4.39 Å². The molecule has 1 unspecified atom stereocenters. The number of carbonyl (C=O) groups excluding carboxylic acids is 1. The predicted octanol–water partition coefficient (Wildman–Crippen LogP) is 1.06. The van der Waals surface area contributed by atoms with E-state index in [-0.39, 0.29) is 37.2 Å². The van der Waals surface area contributed by atoms with Crippen molar-refractivity contribution < 1.29 is 18.7 Å². The molecule has 0 aliphatic rings. The van der Waals surface area contributed by atoms with Gasteiger partial charge in [0.1, 0.15) is 12.7 Å². The zero-order valence-corrected chi connectivity index (χ0v) is 12.4. The molecule has 0 saturated carbocycles. The number of methoxy groups -OCH3 is 1. The van der Waals surface area contributed by atoms with E-state index in [4.69, 9.17) is 15.2 Å². The number of hydrogen-bond donors (Lipinski definition) is 1. The molecule has 0 fully saturated rings. The summed E-state index contributed by atoms with van der Waals surface area (Å²) in [5.74, 6) is -0.471. The van der Waals surface area contributed by atoms with E-state index in [1.807, 2.05) is 0 Å². The average Bonchev–Trinajstić information content (AvgIpc) is 2.42. The maximum Gasteiger partial charge on any atom is 0.252 e. The van der Waals surface area contributed by atoms with Gasteiger partial charge in [-0.1, -0.05) is 12.1 Å². The Kier molecular flexibility index (Phi) is 8.87. The Labute approximate surface area is 124 Å². The highest BCUT2D eigenvalue weighted by atomic mass is 35.5. The Hall–Kier alpha value is -1.37. The largest absolute Gasteiger partial charge is 0.489 e. The molecule has 5 nitrogen and oxygen atoms in total. The van der Waals surface area contributed by atoms with Crippen LogP contribution in [-0.2, 0) is 9.53 Å². The summed E-state index contributed by atoms with van der Waals surface area (Å²) in [6, 6.07) is 6.12. The van der Waals surface area contributed by atoms with E-state index in [1.165, 1.54) is 24.1 Å². The highest BCUT2D eigenvalue weighted by Gasteiger charge is 2.19. The summed E-state index contributed by atoms with van der Waals surface area (Å²) in [4.78, 5) is 13.3. The summed E-state index contributed by atoms with van der Waals surface area (Å²) < 4.78 is 23.5. The van der Waals surface area contributed by atoms with Gasteiger partial charge in [-0.2, -0.15) is 0 Å². The van der Waals surface area contributed by atoms with Crippen molar-refractivity contribution in [2.24, 2.45) is 5.73 Å². The molecule has 0 radical (unpaired) electrons. The number of para-hydroxylation sites is 1. The van der Waals surface area contributed by atoms with Crippen molar-refractivity contribution in [3.63, 3.8) is 0 Å². The van der Waals surface area contributed by atoms with E-state index in [9.17, 15) is 9.18 Å². The summed E-state index contributed by atoms with van der Waals surface area (Å²) in [6.45, 7) is 0.644. The van der Waals surface area contributed by atoms with E-state index in [0.29, 0.717) is 6.54 Å². The fourth-order valence-electron chi connectivity index (χ4n) is 1.51. The smallest absolute Gasteiger partial charge is 0.252 e. The first-order chi connectivity index (χ1) is 9.10. The van der Waals surface area contributed by atoms with Gasteiger partial charge in [-0.3, -0.25) is 4.79 Å². The SMILES string of the molecule is COC(CN)C(=O)N(C)CCOc1ccccc1F.Cl. The van der Waals surface area contributed by atoms with E-state index in [2.05, 4.69) is 0 Å². The second-order valence-electron chi connectivity index (χ2n) is 4.00. The molecular formula is C13H20ClFN2O3. The van der Waals surface area contributed by atoms with Gasteiger partial charge in [0.25, 0.3) is 5.91 Å². The molecule has 0 heterocycles. The molecule has 114 valence electrons. The third-order valence-electron chi connectivity index (χ3n) is 2.67. The summed E-state index contributed by atoms with van der Waals surface area (Å²) in [6.07, 6.45) is -0.654. The molecule has 0 aromatic heterocycles. The third-order valence-corrected chi connectivity index (χ3v) is 2.67. The number of nitrogens with two attached hydrogens (primary N) is 1. The lowest BCUT2D eigenvalue weighted by atomic mass is 10.3. The lowest BCUT2D eigenvalue weighted by molar-refractivity contribution is -0.140. The monoisotopic (exact) mass is 306 g/mol. The van der Waals surface area contributed by atoms with Gasteiger partial charge in [0.15, 0.2) is 11.6 Å². The number of carbonyl (C=O) groups is 1. The highest BCUT2D eigenvalue weighted by molar-refractivity contribution is 5.85. The predicted molar refractivity (Wildman–Crippen MR) is 76.6 cm³/mol. The number of amides is 1. The van der Waals surface area contributed by atoms with Crippen molar-refractivity contribution in [2.75, 3.05) is 33.9 Å². The highest BCUT2D eigenvalue weighted by Crippen LogP contribution is 2.15. The summed E-state index contributed by atoms with van der Waals surface area (Å²) in [5, 5.41) is 0. The van der Waals surface area contributed by atoms with Crippen LogP contribution in [0.4, 0.5) is 4.39 Å². The number of nitrogens with zero attached hydrogens (tertiary/aromatic N) is 1. The minimum absolute atomic E-state index is 0. The van der Waals surface area contributed by atoms with E-state index >= 15 is 0 Å². The van der Waals surface area contributed by atoms with Crippen molar-refractivity contribution >= 4 is 18.3 Å². The molecule has 1 amide bonds. The van der Waals surface area contributed by atoms with Gasteiger partial charge in [0, 0.05) is 20.7 Å². The third kappa shape index (κ3) is 5.32. The number of ether oxygens (including phenoxy) is 2. The van der Waals surface area contributed by atoms with E-state index in [0.717, 1.165) is 0 Å². The molecule has 1 aromatic carbocycles. The Morgan fingerprint density at radius 3 is 2.65 bits per heavy atom. The molecular weight excluding hydrogens is 287 g/mol. The summed E-state index contributed by atoms with van der Waals surface area (Å²) >= 11 is 0. The van der Waals surface area contributed by atoms with Crippen molar-refractivity contribution in [1.29, 1.82) is 0 Å². The minimum atomic E-state index is -0.654. The lowest BCUT2D eigenvalue weighted by Gasteiger charge is -2.22. The second kappa shape index (κ2) is 9.52. The van der Waals surface area contributed by atoms with E-state index < -0.39 is 11.9 Å². The fraction of sp³-hybridized carbons (Fsp3) is 0.462. The molecule has 0 aliphatic heterocycles. The van der Waals surface area contributed by atoms with Crippen LogP contribution in [0.2, 0.25) is 0 Å². The van der Waals surface area contributed by atoms with Gasteiger partial charge in [-0.15, -0.1) is 12.4 Å². The lowest BCUT2D eigenvalue weighted by Crippen LogP contribution is -2.43. The first-order valence-corrected chi connectivity index (χ1v) is 5.95. The molecule has 1 atom stereocenters. The van der Waals surface area contributed by atoms with Crippen LogP contribution in [0.25, 0.3) is 0 Å². The topological polar surface area (TPSA) is 64.8 Å². The maximum absolute atomic E-state index is 13.3. The second-order valence-corrected chi connectivity index (χ2v) is 4.00. The zero-order chi connectivity index (χ0) is 14.3. The average molecular weight is 307 g/mol. The van der Waals surface area contributed by atoms with Gasteiger partial charge in [0.05, 0.1) is 6.54 Å². The molecule has 1 rings (SSSR count). The Bertz CT molecular complexity index is 416. The van der Waals surface area contributed by atoms with Crippen LogP contribution < -0.4 is 10.5 Å². The van der Waals surface area contributed by atoms with Crippen LogP contribution in [0, 0.1) is 5.82 Å². The van der Waals surface area contributed by atoms with Crippen LogP contribution in [0.1, 0.15) is 0 Å². The van der Waals surface area contributed by atoms with Crippen LogP contribution in [0.3, 0.4) is 0 Å². The molecule has 20 heavy (non-hydrogen) atoms. The van der Waals surface area contributed by atoms with Crippen molar-refractivity contribution in [2.45, 2.75) is 6.10 Å². The Morgan fingerprint density at radius 2 is 2.10 bits per heavy atom.